The molecule has 3 aromatic rings. The average Bonchev–Trinajstić information content (AvgIpc) is 2.81. The van der Waals surface area contributed by atoms with Crippen molar-refractivity contribution in [2.75, 3.05) is 13.7 Å². The molecule has 0 unspecified atom stereocenters. The second-order valence-corrected chi connectivity index (χ2v) is 7.63. The molecule has 0 radical (unpaired) electrons. The fourth-order valence-electron chi connectivity index (χ4n) is 3.65. The highest BCUT2D eigenvalue weighted by Crippen LogP contribution is 2.38. The molecule has 7 N–H and O–H groups in total. The van der Waals surface area contributed by atoms with Crippen molar-refractivity contribution in [2.24, 2.45) is 0 Å². The number of rotatable bonds is 5. The molecule has 34 heavy (non-hydrogen) atoms. The molecule has 0 bridgehead atoms. The second-order valence-electron chi connectivity index (χ2n) is 7.63. The molecule has 1 aliphatic rings. The van der Waals surface area contributed by atoms with Crippen molar-refractivity contribution in [1.29, 1.82) is 0 Å². The third kappa shape index (κ3) is 3.97. The highest BCUT2D eigenvalue weighted by molar-refractivity contribution is 5.88. The molecule has 2 heterocycles. The van der Waals surface area contributed by atoms with Gasteiger partial charge in [-0.3, -0.25) is 4.79 Å². The van der Waals surface area contributed by atoms with Crippen molar-refractivity contribution in [3.63, 3.8) is 0 Å². The van der Waals surface area contributed by atoms with Gasteiger partial charge in [0.1, 0.15) is 46.9 Å². The van der Waals surface area contributed by atoms with Gasteiger partial charge in [-0.15, -0.1) is 0 Å². The highest BCUT2D eigenvalue weighted by atomic mass is 16.7. The van der Waals surface area contributed by atoms with Crippen molar-refractivity contribution >= 4 is 11.0 Å². The number of aromatic hydroxyl groups is 3. The zero-order valence-electron chi connectivity index (χ0n) is 17.7. The van der Waals surface area contributed by atoms with E-state index in [4.69, 9.17) is 18.6 Å². The van der Waals surface area contributed by atoms with Gasteiger partial charge >= 0.3 is 0 Å². The Morgan fingerprint density at radius 3 is 2.38 bits per heavy atom. The maximum atomic E-state index is 12.7. The first kappa shape index (κ1) is 23.6. The van der Waals surface area contributed by atoms with E-state index >= 15 is 0 Å². The van der Waals surface area contributed by atoms with Gasteiger partial charge < -0.3 is 54.4 Å². The molecular weight excluding hydrogens is 456 g/mol. The summed E-state index contributed by atoms with van der Waals surface area (Å²) in [5.41, 5.74) is -0.962. The fourth-order valence-corrected chi connectivity index (χ4v) is 3.65. The summed E-state index contributed by atoms with van der Waals surface area (Å²) in [5, 5.41) is 69.5. The van der Waals surface area contributed by atoms with Crippen LogP contribution < -0.4 is 14.9 Å². The van der Waals surface area contributed by atoms with E-state index in [1.165, 1.54) is 31.4 Å². The summed E-state index contributed by atoms with van der Waals surface area (Å²) in [5.74, 6) is -1.96. The summed E-state index contributed by atoms with van der Waals surface area (Å²) in [6.07, 6.45) is -7.74. The van der Waals surface area contributed by atoms with E-state index in [0.29, 0.717) is 0 Å². The van der Waals surface area contributed by atoms with Crippen LogP contribution in [0.25, 0.3) is 22.3 Å². The third-order valence-corrected chi connectivity index (χ3v) is 5.47. The zero-order valence-corrected chi connectivity index (χ0v) is 17.7. The van der Waals surface area contributed by atoms with Gasteiger partial charge in [-0.2, -0.15) is 0 Å². The van der Waals surface area contributed by atoms with Crippen LogP contribution in [0.5, 0.6) is 28.7 Å². The predicted octanol–water partition coefficient (Wildman–Crippen LogP) is -0.236. The molecule has 0 saturated carbocycles. The van der Waals surface area contributed by atoms with Crippen molar-refractivity contribution in [3.8, 4) is 40.1 Å². The van der Waals surface area contributed by atoms with Crippen LogP contribution in [0, 0.1) is 0 Å². The van der Waals surface area contributed by atoms with Gasteiger partial charge in [0.05, 0.1) is 13.7 Å². The molecule has 4 rings (SSSR count). The first-order chi connectivity index (χ1) is 16.2. The monoisotopic (exact) mass is 478 g/mol. The Balaban J connectivity index is 1.77. The second kappa shape index (κ2) is 9.00. The van der Waals surface area contributed by atoms with Crippen LogP contribution in [0.2, 0.25) is 0 Å². The molecule has 0 spiro atoms. The Bertz CT molecular complexity index is 1270. The number of phenols is 2. The Hall–Kier alpha value is -3.55. The third-order valence-electron chi connectivity index (χ3n) is 5.47. The first-order valence-corrected chi connectivity index (χ1v) is 10.0. The van der Waals surface area contributed by atoms with E-state index in [0.717, 1.165) is 6.07 Å². The quantitative estimate of drug-likeness (QED) is 0.254. The maximum Gasteiger partial charge on any atom is 0.238 e. The van der Waals surface area contributed by atoms with E-state index in [1.54, 1.807) is 0 Å². The molecule has 1 fully saturated rings. The number of phenolic OH excluding ortho intramolecular Hbond substituents is 2. The SMILES string of the molecule is COc1cc(-c2oc3cc(O[C@H]4O[C@@H](CO)[C@@H](O)[C@@H](O)[C@@H]4O)cc(O)c3c(=O)c2O)ccc1O. The largest absolute Gasteiger partial charge is 0.507 e. The van der Waals surface area contributed by atoms with Gasteiger partial charge in [-0.25, -0.2) is 0 Å². The Morgan fingerprint density at radius 2 is 1.71 bits per heavy atom. The summed E-state index contributed by atoms with van der Waals surface area (Å²) in [7, 11) is 1.32. The lowest BCUT2D eigenvalue weighted by Gasteiger charge is -2.39. The van der Waals surface area contributed by atoms with E-state index in [2.05, 4.69) is 0 Å². The van der Waals surface area contributed by atoms with Crippen LogP contribution in [0.3, 0.4) is 0 Å². The fraction of sp³-hybridized carbons (Fsp3) is 0.318. The molecule has 5 atom stereocenters. The molecule has 12 nitrogen and oxygen atoms in total. The average molecular weight is 478 g/mol. The van der Waals surface area contributed by atoms with E-state index < -0.39 is 54.2 Å². The van der Waals surface area contributed by atoms with Crippen LogP contribution in [-0.4, -0.2) is 80.2 Å². The van der Waals surface area contributed by atoms with Gasteiger partial charge in [0.15, 0.2) is 17.3 Å². The number of aliphatic hydroxyl groups is 4. The molecule has 1 aromatic heterocycles. The number of ether oxygens (including phenoxy) is 3. The Morgan fingerprint density at radius 1 is 0.971 bits per heavy atom. The molecule has 182 valence electrons. The molecule has 2 aromatic carbocycles. The minimum Gasteiger partial charge on any atom is -0.507 e. The molecule has 0 amide bonds. The lowest BCUT2D eigenvalue weighted by atomic mass is 9.99. The summed E-state index contributed by atoms with van der Waals surface area (Å²) >= 11 is 0. The zero-order chi connectivity index (χ0) is 24.7. The molecular formula is C22H22O12. The van der Waals surface area contributed by atoms with Gasteiger partial charge in [0.2, 0.25) is 17.5 Å². The number of methoxy groups -OCH3 is 1. The molecule has 12 heteroatoms. The van der Waals surface area contributed by atoms with Gasteiger partial charge in [-0.1, -0.05) is 0 Å². The van der Waals surface area contributed by atoms with Gasteiger partial charge in [-0.05, 0) is 18.2 Å². The maximum absolute atomic E-state index is 12.7. The number of aliphatic hydroxyl groups excluding tert-OH is 4. The lowest BCUT2D eigenvalue weighted by molar-refractivity contribution is -0.277. The van der Waals surface area contributed by atoms with Crippen molar-refractivity contribution in [3.05, 3.63) is 40.6 Å². The summed E-state index contributed by atoms with van der Waals surface area (Å²) in [6.45, 7) is -0.665. The number of benzene rings is 2. The van der Waals surface area contributed by atoms with Crippen LogP contribution in [0.1, 0.15) is 0 Å². The first-order valence-electron chi connectivity index (χ1n) is 10.0. The van der Waals surface area contributed by atoms with Gasteiger partial charge in [0, 0.05) is 17.7 Å². The predicted molar refractivity (Wildman–Crippen MR) is 114 cm³/mol. The van der Waals surface area contributed by atoms with Crippen LogP contribution in [0.4, 0.5) is 0 Å². The Labute approximate surface area is 191 Å². The topological polar surface area (TPSA) is 200 Å². The molecule has 1 aliphatic heterocycles. The minimum atomic E-state index is -1.71. The van der Waals surface area contributed by atoms with Gasteiger partial charge in [0.25, 0.3) is 0 Å². The van der Waals surface area contributed by atoms with Crippen LogP contribution >= 0.6 is 0 Å². The van der Waals surface area contributed by atoms with Crippen LogP contribution in [0.15, 0.2) is 39.5 Å². The Kier molecular flexibility index (Phi) is 6.25. The molecule has 1 saturated heterocycles. The van der Waals surface area contributed by atoms with E-state index in [9.17, 15) is 40.5 Å². The number of hydrogen-bond donors (Lipinski definition) is 7. The number of hydrogen-bond acceptors (Lipinski definition) is 12. The smallest absolute Gasteiger partial charge is 0.238 e. The van der Waals surface area contributed by atoms with Crippen molar-refractivity contribution < 1.29 is 54.4 Å². The standard InChI is InChI=1S/C22H22O12/c1-31-12-4-8(2-3-10(12)24)21-19(29)17(27)15-11(25)5-9(6-13(15)33-21)32-22-20(30)18(28)16(26)14(7-23)34-22/h2-6,14,16,18,20,22-26,28-30H,7H2,1H3/t14-,16+,18+,20-,22-/m0/s1. The van der Waals surface area contributed by atoms with E-state index in [-0.39, 0.29) is 39.5 Å². The van der Waals surface area contributed by atoms with Crippen molar-refractivity contribution in [1.82, 2.24) is 0 Å². The summed E-state index contributed by atoms with van der Waals surface area (Å²) < 4.78 is 21.4. The molecule has 0 aliphatic carbocycles. The van der Waals surface area contributed by atoms with Crippen molar-refractivity contribution in [2.45, 2.75) is 30.7 Å². The highest BCUT2D eigenvalue weighted by Gasteiger charge is 2.44. The summed E-state index contributed by atoms with van der Waals surface area (Å²) in [4.78, 5) is 12.7. The lowest BCUT2D eigenvalue weighted by Crippen LogP contribution is -2.60. The minimum absolute atomic E-state index is 0.0576. The summed E-state index contributed by atoms with van der Waals surface area (Å²) in [6, 6.07) is 6.15. The van der Waals surface area contributed by atoms with Crippen LogP contribution in [-0.2, 0) is 4.74 Å². The number of fused-ring (bicyclic) bond motifs is 1. The van der Waals surface area contributed by atoms with E-state index in [1.807, 2.05) is 0 Å². The normalized spacial score (nSPS) is 24.8.